The first kappa shape index (κ1) is 45.2. The van der Waals surface area contributed by atoms with Crippen LogP contribution in [0.3, 0.4) is 0 Å². The van der Waals surface area contributed by atoms with E-state index < -0.39 is 17.5 Å². The smallest absolute Gasteiger partial charge is 0.187 e. The summed E-state index contributed by atoms with van der Waals surface area (Å²) in [6.07, 6.45) is 4.73. The third-order valence-corrected chi connectivity index (χ3v) is 13.2. The van der Waals surface area contributed by atoms with E-state index in [1.165, 1.54) is 59.0 Å². The molecule has 0 spiro atoms. The zero-order valence-electron chi connectivity index (χ0n) is 37.5. The molecule has 17 nitrogen and oxygen atoms in total. The molecule has 0 radical (unpaired) electrons. The quantitative estimate of drug-likeness (QED) is 0.0470. The predicted molar refractivity (Wildman–Crippen MR) is 258 cm³/mol. The van der Waals surface area contributed by atoms with Crippen molar-refractivity contribution < 1.29 is 45.9 Å². The van der Waals surface area contributed by atoms with Crippen LogP contribution in [0.25, 0.3) is 32.7 Å². The van der Waals surface area contributed by atoms with Crippen LogP contribution >= 0.6 is 23.9 Å². The lowest BCUT2D eigenvalue weighted by Gasteiger charge is -2.14. The number of fused-ring (bicyclic) bond motifs is 3. The first-order chi connectivity index (χ1) is 33.7. The maximum Gasteiger partial charge on any atom is 0.187 e. The zero-order chi connectivity index (χ0) is 47.8. The summed E-state index contributed by atoms with van der Waals surface area (Å²) in [4.78, 5) is 0.684. The molecule has 22 heteroatoms. The molecule has 0 saturated heterocycles. The monoisotopic (exact) mass is 980 g/mol. The minimum absolute atomic E-state index is 0.0916. The number of aromatic amines is 2. The highest BCUT2D eigenvalue weighted by Gasteiger charge is 2.28. The Labute approximate surface area is 399 Å². The van der Waals surface area contributed by atoms with Gasteiger partial charge in [0.25, 0.3) is 0 Å². The number of nitrogens with zero attached hydrogens (tertiary/aromatic N) is 4. The molecule has 69 heavy (non-hydrogen) atoms. The highest BCUT2D eigenvalue weighted by atomic mass is 32.2. The molecule has 0 bridgehead atoms. The number of ether oxygens (including phenoxy) is 5. The van der Waals surface area contributed by atoms with Crippen molar-refractivity contribution in [3.05, 3.63) is 102 Å². The fourth-order valence-corrected chi connectivity index (χ4v) is 9.36. The van der Waals surface area contributed by atoms with Gasteiger partial charge < -0.3 is 52.8 Å². The Hall–Kier alpha value is -7.59. The fourth-order valence-electron chi connectivity index (χ4n) is 7.66. The molecule has 0 aliphatic heterocycles. The number of hydrogen-bond donors (Lipinski definition) is 6. The molecule has 5 aromatic carbocycles. The van der Waals surface area contributed by atoms with E-state index in [0.717, 1.165) is 34.1 Å². The average molecular weight is 981 g/mol. The highest BCUT2D eigenvalue weighted by molar-refractivity contribution is 8.01. The number of nitrogens with one attached hydrogen (secondary N) is 6. The van der Waals surface area contributed by atoms with Crippen LogP contribution in [0.15, 0.2) is 91.6 Å². The van der Waals surface area contributed by atoms with Crippen LogP contribution in [0, 0.1) is 17.5 Å². The van der Waals surface area contributed by atoms with Gasteiger partial charge in [0, 0.05) is 58.9 Å². The topological polar surface area (TPSA) is 204 Å². The molecule has 0 unspecified atom stereocenters. The Bertz CT molecular complexity index is 3310. The van der Waals surface area contributed by atoms with E-state index in [1.807, 2.05) is 42.5 Å². The third kappa shape index (κ3) is 9.23. The molecule has 6 N–H and O–H groups in total. The lowest BCUT2D eigenvalue weighted by molar-refractivity contribution is 0.340. The van der Waals surface area contributed by atoms with Crippen LogP contribution in [-0.2, 0) is 0 Å². The number of aromatic nitrogens is 6. The Morgan fingerprint density at radius 3 is 1.58 bits per heavy atom. The Morgan fingerprint density at radius 2 is 1.09 bits per heavy atom. The Balaban J connectivity index is 0.000000160. The summed E-state index contributed by atoms with van der Waals surface area (Å²) in [5.74, 6) is 2.23. The van der Waals surface area contributed by atoms with Gasteiger partial charge in [0.05, 0.1) is 62.6 Å². The van der Waals surface area contributed by atoms with Crippen molar-refractivity contribution in [2.24, 2.45) is 0 Å². The molecule has 2 fully saturated rings. The maximum absolute atomic E-state index is 15.0. The second-order valence-electron chi connectivity index (χ2n) is 16.0. The molecule has 2 aliphatic carbocycles. The van der Waals surface area contributed by atoms with Crippen LogP contribution < -0.4 is 43.8 Å². The van der Waals surface area contributed by atoms with E-state index in [1.54, 1.807) is 38.5 Å². The standard InChI is InChI=1S/C25H22FN5O3S.C22H21F2N5O4S/c1-32-20-10-16-19(11-18(20)27-22-12-17(28-29-22)13-7-8-13)34-30-25(16)31-35-21-9-14-5-3-4-6-15(14)23(26)24(21)33-2;1-30-17-6-11-16(8-15(17)25-18-9-14(26-27-18)10-4-5-10)33-28-22(11)29-34-21-19(31-2)12(23)7-13(24)20(21)32-3/h3-6,9-13H,7-8H2,1-2H3,(H,30,31)(H2,27,28,29);6-10H,4-5H2,1-3H3,(H,28,29)(H2,25,26,27). The van der Waals surface area contributed by atoms with Crippen LogP contribution in [0.2, 0.25) is 0 Å². The molecule has 2 aliphatic rings. The molecular formula is C47H43F3N10O7S2. The van der Waals surface area contributed by atoms with Crippen molar-refractivity contribution in [1.29, 1.82) is 0 Å². The van der Waals surface area contributed by atoms with Gasteiger partial charge >= 0.3 is 0 Å². The minimum atomic E-state index is -0.851. The second-order valence-corrected chi connectivity index (χ2v) is 17.6. The first-order valence-electron chi connectivity index (χ1n) is 21.5. The van der Waals surface area contributed by atoms with Gasteiger partial charge in [-0.05, 0) is 73.2 Å². The van der Waals surface area contributed by atoms with E-state index in [2.05, 4.69) is 50.8 Å². The van der Waals surface area contributed by atoms with Gasteiger partial charge in [-0.25, -0.2) is 13.2 Å². The number of halogens is 3. The summed E-state index contributed by atoms with van der Waals surface area (Å²) >= 11 is 2.08. The summed E-state index contributed by atoms with van der Waals surface area (Å²) in [6.45, 7) is 0. The van der Waals surface area contributed by atoms with Crippen LogP contribution in [0.1, 0.15) is 48.9 Å². The molecule has 4 aromatic heterocycles. The summed E-state index contributed by atoms with van der Waals surface area (Å²) in [5.41, 5.74) is 4.62. The van der Waals surface area contributed by atoms with E-state index >= 15 is 0 Å². The van der Waals surface area contributed by atoms with Crippen molar-refractivity contribution >= 4 is 91.3 Å². The molecule has 4 heterocycles. The van der Waals surface area contributed by atoms with Crippen LogP contribution in [0.4, 0.5) is 47.8 Å². The van der Waals surface area contributed by atoms with Crippen molar-refractivity contribution in [2.45, 2.75) is 47.3 Å². The van der Waals surface area contributed by atoms with Gasteiger partial charge in [0.1, 0.15) is 16.4 Å². The third-order valence-electron chi connectivity index (χ3n) is 11.5. The Morgan fingerprint density at radius 1 is 0.580 bits per heavy atom. The van der Waals surface area contributed by atoms with Gasteiger partial charge in [-0.15, -0.1) is 0 Å². The summed E-state index contributed by atoms with van der Waals surface area (Å²) in [5, 5.41) is 32.1. The second kappa shape index (κ2) is 19.2. The zero-order valence-corrected chi connectivity index (χ0v) is 39.1. The molecular weight excluding hydrogens is 938 g/mol. The minimum Gasteiger partial charge on any atom is -0.495 e. The number of hydrogen-bond acceptors (Lipinski definition) is 17. The average Bonchev–Trinajstić information content (AvgIpc) is 4.21. The maximum atomic E-state index is 15.0. The highest BCUT2D eigenvalue weighted by Crippen LogP contribution is 2.45. The van der Waals surface area contributed by atoms with E-state index in [9.17, 15) is 13.2 Å². The molecule has 356 valence electrons. The fraction of sp³-hybridized carbons (Fsp3) is 0.234. The van der Waals surface area contributed by atoms with Crippen molar-refractivity contribution in [2.75, 3.05) is 55.6 Å². The lowest BCUT2D eigenvalue weighted by atomic mass is 10.1. The van der Waals surface area contributed by atoms with E-state index in [4.69, 9.17) is 32.7 Å². The van der Waals surface area contributed by atoms with Gasteiger partial charge in [0.15, 0.2) is 69.1 Å². The van der Waals surface area contributed by atoms with Crippen LogP contribution in [0.5, 0.6) is 28.7 Å². The normalized spacial score (nSPS) is 13.3. The van der Waals surface area contributed by atoms with E-state index in [0.29, 0.717) is 90.9 Å². The number of benzene rings is 5. The molecule has 0 amide bonds. The molecule has 11 rings (SSSR count). The van der Waals surface area contributed by atoms with Gasteiger partial charge in [-0.1, -0.05) is 34.6 Å². The molecule has 2 saturated carbocycles. The SMILES string of the molecule is COc1cc2c(NSc3c(OC)c(F)cc(F)c3OC)noc2cc1Nc1cc(C2CC2)[nH]n1.COc1cc2c(NSc3cc4ccccc4c(F)c3OC)noc2cc1Nc1cc(C2CC2)[nH]n1. The van der Waals surface area contributed by atoms with E-state index in [-0.39, 0.29) is 22.1 Å². The number of H-pyrrole nitrogens is 2. The van der Waals surface area contributed by atoms with Crippen LogP contribution in [-0.4, -0.2) is 66.3 Å². The summed E-state index contributed by atoms with van der Waals surface area (Å²) in [7, 11) is 7.18. The van der Waals surface area contributed by atoms with Crippen molar-refractivity contribution in [3.8, 4) is 28.7 Å². The number of methoxy groups -OCH3 is 5. The lowest BCUT2D eigenvalue weighted by Crippen LogP contribution is -2.00. The molecule has 9 aromatic rings. The summed E-state index contributed by atoms with van der Waals surface area (Å²) < 4.78 is 87.2. The Kier molecular flexibility index (Phi) is 12.6. The predicted octanol–water partition coefficient (Wildman–Crippen LogP) is 12.2. The number of anilines is 6. The van der Waals surface area contributed by atoms with Crippen molar-refractivity contribution in [1.82, 2.24) is 30.7 Å². The van der Waals surface area contributed by atoms with Crippen molar-refractivity contribution in [3.63, 3.8) is 0 Å². The summed E-state index contributed by atoms with van der Waals surface area (Å²) in [6, 6.07) is 21.0. The largest absolute Gasteiger partial charge is 0.495 e. The first-order valence-corrected chi connectivity index (χ1v) is 23.1. The van der Waals surface area contributed by atoms with Gasteiger partial charge in [-0.3, -0.25) is 10.2 Å². The molecule has 0 atom stereocenters. The van der Waals surface area contributed by atoms with Gasteiger partial charge in [0.2, 0.25) is 0 Å². The van der Waals surface area contributed by atoms with Gasteiger partial charge in [-0.2, -0.15) is 10.2 Å². The number of rotatable bonds is 17.